The Morgan fingerprint density at radius 1 is 1.22 bits per heavy atom. The van der Waals surface area contributed by atoms with Crippen LogP contribution >= 0.6 is 12.2 Å². The molecule has 2 fully saturated rings. The second-order valence-electron chi connectivity index (χ2n) is 6.49. The minimum atomic E-state index is -0.163. The van der Waals surface area contributed by atoms with Crippen LogP contribution in [0.1, 0.15) is 48.9 Å². The smallest absolute Gasteiger partial charge is 0.254 e. The monoisotopic (exact) mass is 333 g/mol. The van der Waals surface area contributed by atoms with Crippen LogP contribution in [0.2, 0.25) is 0 Å². The van der Waals surface area contributed by atoms with E-state index in [0.717, 1.165) is 38.6 Å². The summed E-state index contributed by atoms with van der Waals surface area (Å²) in [5, 5.41) is 3.00. The van der Waals surface area contributed by atoms with E-state index in [9.17, 15) is 9.59 Å². The zero-order valence-corrected chi connectivity index (χ0v) is 14.0. The largest absolute Gasteiger partial charge is 0.352 e. The van der Waals surface area contributed by atoms with Gasteiger partial charge in [-0.3, -0.25) is 9.59 Å². The van der Waals surface area contributed by atoms with Crippen LogP contribution < -0.4 is 5.32 Å². The van der Waals surface area contributed by atoms with Crippen molar-refractivity contribution in [2.75, 3.05) is 13.1 Å². The van der Waals surface area contributed by atoms with Gasteiger partial charge in [0.1, 0.15) is 4.64 Å². The maximum Gasteiger partial charge on any atom is 0.254 e. The minimum Gasteiger partial charge on any atom is -0.352 e. The normalized spacial score (nSPS) is 22.1. The molecule has 1 unspecified atom stereocenters. The average molecular weight is 333 g/mol. The molecule has 0 bridgehead atoms. The summed E-state index contributed by atoms with van der Waals surface area (Å²) in [4.78, 5) is 29.6. The Morgan fingerprint density at radius 2 is 2.00 bits per heavy atom. The van der Waals surface area contributed by atoms with Gasteiger partial charge in [0.05, 0.1) is 5.56 Å². The molecule has 3 rings (SSSR count). The van der Waals surface area contributed by atoms with E-state index < -0.39 is 0 Å². The molecule has 2 aliphatic rings. The number of rotatable bonds is 3. The summed E-state index contributed by atoms with van der Waals surface area (Å²) in [7, 11) is 0. The number of hydrogen-bond acceptors (Lipinski definition) is 3. The van der Waals surface area contributed by atoms with Crippen LogP contribution in [0.3, 0.4) is 0 Å². The molecule has 0 spiro atoms. The minimum absolute atomic E-state index is 0.0182. The van der Waals surface area contributed by atoms with Gasteiger partial charge in [0, 0.05) is 31.2 Å². The average Bonchev–Trinajstić information content (AvgIpc) is 3.03. The molecule has 6 heteroatoms. The lowest BCUT2D eigenvalue weighted by Gasteiger charge is -2.26. The van der Waals surface area contributed by atoms with Gasteiger partial charge in [-0.05, 0) is 31.4 Å². The summed E-state index contributed by atoms with van der Waals surface area (Å²) in [5.41, 5.74) is 0.486. The van der Waals surface area contributed by atoms with Gasteiger partial charge >= 0.3 is 0 Å². The third-order valence-corrected chi connectivity index (χ3v) is 5.19. The Morgan fingerprint density at radius 3 is 2.74 bits per heavy atom. The molecule has 5 nitrogen and oxygen atoms in total. The summed E-state index contributed by atoms with van der Waals surface area (Å²) in [5.74, 6) is 0.309. The van der Waals surface area contributed by atoms with E-state index in [1.54, 1.807) is 18.3 Å². The van der Waals surface area contributed by atoms with Crippen LogP contribution in [-0.4, -0.2) is 40.8 Å². The van der Waals surface area contributed by atoms with Crippen molar-refractivity contribution in [1.82, 2.24) is 15.2 Å². The van der Waals surface area contributed by atoms with Crippen molar-refractivity contribution in [3.63, 3.8) is 0 Å². The number of aromatic amines is 1. The predicted molar refractivity (Wildman–Crippen MR) is 90.7 cm³/mol. The molecular formula is C17H23N3O2S. The summed E-state index contributed by atoms with van der Waals surface area (Å²) >= 11 is 5.14. The van der Waals surface area contributed by atoms with Gasteiger partial charge in [-0.2, -0.15) is 0 Å². The third-order valence-electron chi connectivity index (χ3n) is 4.85. The van der Waals surface area contributed by atoms with Crippen molar-refractivity contribution in [3.05, 3.63) is 28.5 Å². The Balaban J connectivity index is 1.55. The number of H-pyrrole nitrogens is 1. The Bertz CT molecular complexity index is 637. The highest BCUT2D eigenvalue weighted by molar-refractivity contribution is 7.71. The maximum absolute atomic E-state index is 12.5. The summed E-state index contributed by atoms with van der Waals surface area (Å²) in [6, 6.07) is 3.50. The van der Waals surface area contributed by atoms with Crippen LogP contribution in [0.4, 0.5) is 0 Å². The number of nitrogens with zero attached hydrogens (tertiary/aromatic N) is 1. The highest BCUT2D eigenvalue weighted by Gasteiger charge is 2.32. The molecule has 1 aliphatic carbocycles. The van der Waals surface area contributed by atoms with Gasteiger partial charge in [-0.15, -0.1) is 0 Å². The highest BCUT2D eigenvalue weighted by Crippen LogP contribution is 2.26. The number of pyridine rings is 1. The van der Waals surface area contributed by atoms with Crippen molar-refractivity contribution in [3.8, 4) is 0 Å². The number of amides is 2. The molecule has 1 aromatic rings. The number of nitrogens with one attached hydrogen (secondary N) is 2. The van der Waals surface area contributed by atoms with E-state index in [1.165, 1.54) is 6.42 Å². The molecule has 2 heterocycles. The summed E-state index contributed by atoms with van der Waals surface area (Å²) < 4.78 is 0.443. The number of hydrogen-bond donors (Lipinski definition) is 2. The van der Waals surface area contributed by atoms with E-state index in [4.69, 9.17) is 12.2 Å². The van der Waals surface area contributed by atoms with E-state index in [-0.39, 0.29) is 23.8 Å². The second kappa shape index (κ2) is 7.25. The Kier molecular flexibility index (Phi) is 5.10. The molecule has 0 radical (unpaired) electrons. The molecular weight excluding hydrogens is 310 g/mol. The first-order chi connectivity index (χ1) is 11.1. The lowest BCUT2D eigenvalue weighted by atomic mass is 9.88. The molecule has 1 aromatic heterocycles. The van der Waals surface area contributed by atoms with Crippen LogP contribution in [0, 0.1) is 10.6 Å². The number of aromatic nitrogens is 1. The van der Waals surface area contributed by atoms with Crippen LogP contribution in [0.5, 0.6) is 0 Å². The first kappa shape index (κ1) is 16.2. The Labute approximate surface area is 141 Å². The summed E-state index contributed by atoms with van der Waals surface area (Å²) in [6.07, 6.45) is 8.14. The zero-order valence-electron chi connectivity index (χ0n) is 13.2. The second-order valence-corrected chi connectivity index (χ2v) is 6.90. The molecule has 1 saturated heterocycles. The summed E-state index contributed by atoms with van der Waals surface area (Å²) in [6.45, 7) is 1.35. The van der Waals surface area contributed by atoms with Gasteiger partial charge in [0.15, 0.2) is 0 Å². The van der Waals surface area contributed by atoms with Crippen LogP contribution in [0.25, 0.3) is 0 Å². The fraction of sp³-hybridized carbons (Fsp3) is 0.588. The van der Waals surface area contributed by atoms with Crippen molar-refractivity contribution in [1.29, 1.82) is 0 Å². The topological polar surface area (TPSA) is 65.2 Å². The van der Waals surface area contributed by atoms with Gasteiger partial charge in [0.2, 0.25) is 5.91 Å². The standard InChI is InChI=1S/C17H23N3O2S/c21-15(14-7-4-9-18-16(14)23)19-13-8-10-20(11-13)17(22)12-5-2-1-3-6-12/h4,7,9,12-13H,1-3,5-6,8,10-11H2,(H,18,23)(H,19,21). The molecule has 124 valence electrons. The quantitative estimate of drug-likeness (QED) is 0.836. The first-order valence-corrected chi connectivity index (χ1v) is 8.83. The van der Waals surface area contributed by atoms with E-state index >= 15 is 0 Å². The molecule has 1 atom stereocenters. The van der Waals surface area contributed by atoms with Crippen LogP contribution in [-0.2, 0) is 4.79 Å². The van der Waals surface area contributed by atoms with E-state index in [0.29, 0.717) is 16.7 Å². The molecule has 0 aromatic carbocycles. The maximum atomic E-state index is 12.5. The van der Waals surface area contributed by atoms with Gasteiger partial charge in [-0.1, -0.05) is 31.5 Å². The van der Waals surface area contributed by atoms with Crippen molar-refractivity contribution in [2.45, 2.75) is 44.6 Å². The number of carbonyl (C=O) groups is 2. The van der Waals surface area contributed by atoms with Crippen LogP contribution in [0.15, 0.2) is 18.3 Å². The van der Waals surface area contributed by atoms with E-state index in [1.807, 2.05) is 4.90 Å². The highest BCUT2D eigenvalue weighted by atomic mass is 32.1. The lowest BCUT2D eigenvalue weighted by Crippen LogP contribution is -2.40. The zero-order chi connectivity index (χ0) is 16.2. The molecule has 1 saturated carbocycles. The third kappa shape index (κ3) is 3.80. The Hall–Kier alpha value is -1.69. The predicted octanol–water partition coefficient (Wildman–Crippen LogP) is 2.66. The lowest BCUT2D eigenvalue weighted by molar-refractivity contribution is -0.135. The van der Waals surface area contributed by atoms with E-state index in [2.05, 4.69) is 10.3 Å². The number of likely N-dealkylation sites (tertiary alicyclic amines) is 1. The number of carbonyl (C=O) groups excluding carboxylic acids is 2. The molecule has 2 amide bonds. The van der Waals surface area contributed by atoms with Crippen molar-refractivity contribution >= 4 is 24.0 Å². The van der Waals surface area contributed by atoms with Crippen molar-refractivity contribution in [2.24, 2.45) is 5.92 Å². The SMILES string of the molecule is O=C(NC1CCN(C(=O)C2CCCCC2)C1)c1ccc[nH]c1=S. The van der Waals surface area contributed by atoms with Gasteiger partial charge in [-0.25, -0.2) is 0 Å². The van der Waals surface area contributed by atoms with Crippen molar-refractivity contribution < 1.29 is 9.59 Å². The van der Waals surface area contributed by atoms with Gasteiger partial charge < -0.3 is 15.2 Å². The molecule has 1 aliphatic heterocycles. The fourth-order valence-electron chi connectivity index (χ4n) is 3.55. The molecule has 2 N–H and O–H groups in total. The fourth-order valence-corrected chi connectivity index (χ4v) is 3.78. The first-order valence-electron chi connectivity index (χ1n) is 8.42. The molecule has 23 heavy (non-hydrogen) atoms. The van der Waals surface area contributed by atoms with Gasteiger partial charge in [0.25, 0.3) is 5.91 Å².